The fraction of sp³-hybridized carbons (Fsp3) is 0.636. The SMILES string of the molecule is CN1CCN(c2nc(N3CCN(c4ccc(C(=O)N[C@H](C(=O)N5C[C@H](C(F)F)[C@H]6OCC(=O)[C@H]65)C5CCCC5)cc4)CC3)cs2)CC1. The molecule has 2 aromatic rings. The van der Waals surface area contributed by atoms with E-state index in [9.17, 15) is 23.2 Å². The van der Waals surface area contributed by atoms with Crippen LogP contribution >= 0.6 is 11.3 Å². The lowest BCUT2D eigenvalue weighted by atomic mass is 9.95. The van der Waals surface area contributed by atoms with Crippen molar-refractivity contribution in [2.24, 2.45) is 11.8 Å². The van der Waals surface area contributed by atoms with E-state index in [-0.39, 0.29) is 30.8 Å². The predicted octanol–water partition coefficient (Wildman–Crippen LogP) is 2.57. The summed E-state index contributed by atoms with van der Waals surface area (Å²) in [5.74, 6) is -1.51. The number of anilines is 3. The smallest absolute Gasteiger partial charge is 0.251 e. The molecule has 4 saturated heterocycles. The number of nitrogens with one attached hydrogen (secondary N) is 1. The third kappa shape index (κ3) is 6.56. The molecule has 0 unspecified atom stereocenters. The lowest BCUT2D eigenvalue weighted by Gasteiger charge is -2.36. The van der Waals surface area contributed by atoms with Gasteiger partial charge < -0.3 is 34.6 Å². The summed E-state index contributed by atoms with van der Waals surface area (Å²) >= 11 is 1.71. The van der Waals surface area contributed by atoms with Crippen LogP contribution in [0.5, 0.6) is 0 Å². The number of amides is 2. The third-order valence-electron chi connectivity index (χ3n) is 10.6. The Labute approximate surface area is 277 Å². The summed E-state index contributed by atoms with van der Waals surface area (Å²) in [4.78, 5) is 55.5. The number of halogens is 2. The maximum absolute atomic E-state index is 13.9. The molecule has 1 aliphatic carbocycles. The first-order chi connectivity index (χ1) is 22.8. The van der Waals surface area contributed by atoms with Gasteiger partial charge in [0.15, 0.2) is 10.9 Å². The second-order valence-electron chi connectivity index (χ2n) is 13.5. The Balaban J connectivity index is 0.969. The molecule has 0 spiro atoms. The maximum Gasteiger partial charge on any atom is 0.251 e. The van der Waals surface area contributed by atoms with E-state index in [4.69, 9.17) is 9.72 Å². The quantitative estimate of drug-likeness (QED) is 0.454. The molecular weight excluding hydrogens is 628 g/mol. The van der Waals surface area contributed by atoms with Gasteiger partial charge in [-0.3, -0.25) is 14.4 Å². The van der Waals surface area contributed by atoms with Crippen LogP contribution in [0.2, 0.25) is 0 Å². The Morgan fingerprint density at radius 2 is 1.62 bits per heavy atom. The number of likely N-dealkylation sites (N-methyl/N-ethyl adjacent to an activating group) is 1. The molecule has 4 aliphatic heterocycles. The molecule has 7 rings (SSSR count). The standard InChI is InChI=1S/C33H43F2N7O4S/c1-38-10-12-41(13-11-38)33-36-26(20-47-33)40-16-14-39(15-17-40)23-8-6-22(7-9-23)31(44)37-27(21-4-2-3-5-21)32(45)42-18-24(30(34)35)29-28(42)25(43)19-46-29/h6-9,20-21,24,27-30H,2-5,10-19H2,1H3,(H,37,44)/t24-,27-,28+,29+/m0/s1. The van der Waals surface area contributed by atoms with Crippen molar-refractivity contribution >= 4 is 45.6 Å². The van der Waals surface area contributed by atoms with Crippen LogP contribution in [0.3, 0.4) is 0 Å². The number of carbonyl (C=O) groups is 3. The minimum atomic E-state index is -2.71. The van der Waals surface area contributed by atoms with E-state index in [2.05, 4.69) is 37.3 Å². The van der Waals surface area contributed by atoms with E-state index in [1.807, 2.05) is 12.1 Å². The van der Waals surface area contributed by atoms with Crippen LogP contribution in [0.25, 0.3) is 0 Å². The highest BCUT2D eigenvalue weighted by molar-refractivity contribution is 7.14. The van der Waals surface area contributed by atoms with Gasteiger partial charge in [0.05, 0.1) is 12.0 Å². The molecule has 5 fully saturated rings. The van der Waals surface area contributed by atoms with Crippen LogP contribution < -0.4 is 20.0 Å². The van der Waals surface area contributed by atoms with Gasteiger partial charge in [-0.05, 0) is 50.1 Å². The number of likely N-dealkylation sites (tertiary alicyclic amines) is 1. The number of alkyl halides is 2. The number of ether oxygens (including phenoxy) is 1. The Hall–Kier alpha value is -3.36. The van der Waals surface area contributed by atoms with Gasteiger partial charge in [-0.1, -0.05) is 12.8 Å². The van der Waals surface area contributed by atoms with Gasteiger partial charge in [0, 0.05) is 75.5 Å². The van der Waals surface area contributed by atoms with Crippen molar-refractivity contribution < 1.29 is 27.9 Å². The lowest BCUT2D eigenvalue weighted by molar-refractivity contribution is -0.139. The van der Waals surface area contributed by atoms with Gasteiger partial charge in [0.25, 0.3) is 5.91 Å². The first kappa shape index (κ1) is 32.2. The van der Waals surface area contributed by atoms with Gasteiger partial charge in [0.1, 0.15) is 24.5 Å². The predicted molar refractivity (Wildman–Crippen MR) is 176 cm³/mol. The molecule has 2 amide bonds. The highest BCUT2D eigenvalue weighted by Gasteiger charge is 2.56. The average Bonchev–Trinajstić information content (AvgIpc) is 3.91. The van der Waals surface area contributed by atoms with Crippen molar-refractivity contribution in [1.29, 1.82) is 0 Å². The summed E-state index contributed by atoms with van der Waals surface area (Å²) in [5.41, 5.74) is 1.44. The molecule has 11 nitrogen and oxygen atoms in total. The van der Waals surface area contributed by atoms with Crippen LogP contribution in [-0.4, -0.2) is 130 Å². The van der Waals surface area contributed by atoms with E-state index < -0.39 is 36.4 Å². The minimum absolute atomic E-state index is 0.112. The molecule has 5 heterocycles. The molecule has 1 aromatic heterocycles. The number of fused-ring (bicyclic) bond motifs is 1. The molecule has 4 atom stereocenters. The van der Waals surface area contributed by atoms with E-state index in [0.29, 0.717) is 5.56 Å². The van der Waals surface area contributed by atoms with Crippen molar-refractivity contribution in [3.8, 4) is 0 Å². The normalized spacial score (nSPS) is 26.4. The number of thiazole rings is 1. The number of rotatable bonds is 8. The second-order valence-corrected chi connectivity index (χ2v) is 14.3. The molecule has 1 saturated carbocycles. The minimum Gasteiger partial charge on any atom is -0.368 e. The maximum atomic E-state index is 13.9. The van der Waals surface area contributed by atoms with Crippen molar-refractivity contribution in [1.82, 2.24) is 20.1 Å². The number of hydrogen-bond donors (Lipinski definition) is 1. The number of aromatic nitrogens is 1. The molecule has 0 bridgehead atoms. The summed E-state index contributed by atoms with van der Waals surface area (Å²) in [6.45, 7) is 6.92. The van der Waals surface area contributed by atoms with Crippen LogP contribution in [0.15, 0.2) is 29.6 Å². The van der Waals surface area contributed by atoms with Gasteiger partial charge in [-0.25, -0.2) is 13.8 Å². The van der Waals surface area contributed by atoms with Crippen molar-refractivity contribution in [2.75, 3.05) is 87.3 Å². The van der Waals surface area contributed by atoms with E-state index in [1.165, 1.54) is 4.90 Å². The first-order valence-electron chi connectivity index (χ1n) is 16.8. The molecular formula is C33H43F2N7O4S. The number of piperazine rings is 2. The number of ketones is 1. The molecule has 1 aromatic carbocycles. The van der Waals surface area contributed by atoms with Gasteiger partial charge in [-0.2, -0.15) is 0 Å². The summed E-state index contributed by atoms with van der Waals surface area (Å²) < 4.78 is 33.0. The molecule has 5 aliphatic rings. The van der Waals surface area contributed by atoms with Crippen LogP contribution in [0.4, 0.5) is 25.4 Å². The fourth-order valence-corrected chi connectivity index (χ4v) is 8.67. The Morgan fingerprint density at radius 3 is 2.30 bits per heavy atom. The summed E-state index contributed by atoms with van der Waals surface area (Å²) in [6, 6.07) is 5.49. The number of hydrogen-bond acceptors (Lipinski definition) is 10. The molecule has 0 radical (unpaired) electrons. The van der Waals surface area contributed by atoms with E-state index in [1.54, 1.807) is 23.5 Å². The Morgan fingerprint density at radius 1 is 0.957 bits per heavy atom. The van der Waals surface area contributed by atoms with Crippen molar-refractivity contribution in [3.05, 3.63) is 35.2 Å². The summed E-state index contributed by atoms with van der Waals surface area (Å²) in [7, 11) is 2.15. The van der Waals surface area contributed by atoms with Gasteiger partial charge in [0.2, 0.25) is 12.3 Å². The molecule has 14 heteroatoms. The highest BCUT2D eigenvalue weighted by atomic mass is 32.1. The lowest BCUT2D eigenvalue weighted by Crippen LogP contribution is -2.54. The zero-order chi connectivity index (χ0) is 32.7. The zero-order valence-electron chi connectivity index (χ0n) is 26.7. The zero-order valence-corrected chi connectivity index (χ0v) is 27.5. The fourth-order valence-electron chi connectivity index (χ4n) is 7.78. The first-order valence-corrected chi connectivity index (χ1v) is 17.7. The van der Waals surface area contributed by atoms with Crippen LogP contribution in [0.1, 0.15) is 36.0 Å². The number of benzene rings is 1. The largest absolute Gasteiger partial charge is 0.368 e. The van der Waals surface area contributed by atoms with E-state index in [0.717, 1.165) is 94.7 Å². The third-order valence-corrected chi connectivity index (χ3v) is 11.5. The Bertz CT molecular complexity index is 1440. The van der Waals surface area contributed by atoms with Crippen molar-refractivity contribution in [2.45, 2.75) is 50.3 Å². The summed E-state index contributed by atoms with van der Waals surface area (Å²) in [5, 5.41) is 6.18. The van der Waals surface area contributed by atoms with Gasteiger partial charge >= 0.3 is 0 Å². The number of Topliss-reactive ketones (excluding diaryl/α,β-unsaturated/α-hetero) is 1. The van der Waals surface area contributed by atoms with Crippen LogP contribution in [-0.2, 0) is 14.3 Å². The summed E-state index contributed by atoms with van der Waals surface area (Å²) in [6.07, 6.45) is -0.337. The number of carbonyl (C=O) groups excluding carboxylic acids is 3. The molecule has 1 N–H and O–H groups in total. The van der Waals surface area contributed by atoms with Gasteiger partial charge in [-0.15, -0.1) is 11.3 Å². The molecule has 254 valence electrons. The van der Waals surface area contributed by atoms with Crippen molar-refractivity contribution in [3.63, 3.8) is 0 Å². The topological polar surface area (TPSA) is 102 Å². The van der Waals surface area contributed by atoms with E-state index >= 15 is 0 Å². The Kier molecular flexibility index (Phi) is 9.34. The monoisotopic (exact) mass is 671 g/mol. The second kappa shape index (κ2) is 13.6. The molecule has 47 heavy (non-hydrogen) atoms. The van der Waals surface area contributed by atoms with Crippen LogP contribution in [0, 0.1) is 11.8 Å². The highest BCUT2D eigenvalue weighted by Crippen LogP contribution is 2.37. The average molecular weight is 672 g/mol. The number of nitrogens with zero attached hydrogens (tertiary/aromatic N) is 6.